The molecule has 0 spiro atoms. The number of carboxylic acid groups (broad SMARTS) is 1. The number of carbonyl (C=O) groups is 3. The minimum Gasteiger partial charge on any atom is -0.481 e. The van der Waals surface area contributed by atoms with E-state index in [0.717, 1.165) is 0 Å². The molecule has 1 saturated carbocycles. The van der Waals surface area contributed by atoms with E-state index in [4.69, 9.17) is 15.6 Å². The number of rotatable bonds is 5. The van der Waals surface area contributed by atoms with Crippen LogP contribution in [0.4, 0.5) is 0 Å². The summed E-state index contributed by atoms with van der Waals surface area (Å²) in [6, 6.07) is 8.48. The van der Waals surface area contributed by atoms with Gasteiger partial charge in [0.2, 0.25) is 5.91 Å². The van der Waals surface area contributed by atoms with Gasteiger partial charge in [0.05, 0.1) is 18.1 Å². The summed E-state index contributed by atoms with van der Waals surface area (Å²) in [4.78, 5) is 34.2. The van der Waals surface area contributed by atoms with Crippen molar-refractivity contribution in [2.24, 2.45) is 23.5 Å². The average molecular weight is 291 g/mol. The maximum atomic E-state index is 11.8. The van der Waals surface area contributed by atoms with Crippen molar-refractivity contribution in [3.8, 4) is 0 Å². The molecule has 0 unspecified atom stereocenters. The molecule has 1 aromatic carbocycles. The molecule has 2 rings (SSSR count). The number of hydrogen-bond acceptors (Lipinski definition) is 4. The third-order valence-electron chi connectivity index (χ3n) is 3.85. The summed E-state index contributed by atoms with van der Waals surface area (Å²) in [6.45, 7) is 0.00507. The monoisotopic (exact) mass is 291 g/mol. The Morgan fingerprint density at radius 1 is 1.19 bits per heavy atom. The van der Waals surface area contributed by atoms with Crippen molar-refractivity contribution >= 4 is 17.8 Å². The Morgan fingerprint density at radius 2 is 1.86 bits per heavy atom. The van der Waals surface area contributed by atoms with Crippen molar-refractivity contribution in [2.45, 2.75) is 12.8 Å². The van der Waals surface area contributed by atoms with Gasteiger partial charge in [-0.05, 0) is 25.0 Å². The van der Waals surface area contributed by atoms with Crippen molar-refractivity contribution < 1.29 is 24.2 Å². The predicted octanol–water partition coefficient (Wildman–Crippen LogP) is 1.06. The molecule has 1 aromatic rings. The van der Waals surface area contributed by atoms with Crippen LogP contribution >= 0.6 is 0 Å². The number of aliphatic carboxylic acids is 1. The highest BCUT2D eigenvalue weighted by molar-refractivity contribution is 5.89. The molecule has 1 aliphatic rings. The number of amides is 1. The van der Waals surface area contributed by atoms with Gasteiger partial charge in [-0.1, -0.05) is 18.2 Å². The van der Waals surface area contributed by atoms with Gasteiger partial charge in [0.1, 0.15) is 0 Å². The molecule has 0 radical (unpaired) electrons. The lowest BCUT2D eigenvalue weighted by molar-refractivity contribution is -0.141. The first kappa shape index (κ1) is 15.0. The highest BCUT2D eigenvalue weighted by Gasteiger charge is 2.41. The summed E-state index contributed by atoms with van der Waals surface area (Å²) in [5.41, 5.74) is 5.71. The summed E-state index contributed by atoms with van der Waals surface area (Å²) >= 11 is 0. The average Bonchev–Trinajstić information content (AvgIpc) is 2.90. The SMILES string of the molecule is NC(=O)[C@@H]1C[C@H](C(=O)O)C[C@H]1COC(=O)c1ccccc1. The van der Waals surface area contributed by atoms with Crippen molar-refractivity contribution in [1.29, 1.82) is 0 Å². The lowest BCUT2D eigenvalue weighted by Gasteiger charge is -2.16. The van der Waals surface area contributed by atoms with Crippen LogP contribution in [-0.2, 0) is 14.3 Å². The van der Waals surface area contributed by atoms with E-state index in [1.807, 2.05) is 0 Å². The first-order valence-electron chi connectivity index (χ1n) is 6.73. The number of esters is 1. The smallest absolute Gasteiger partial charge is 0.338 e. The number of ether oxygens (including phenoxy) is 1. The topological polar surface area (TPSA) is 107 Å². The first-order valence-corrected chi connectivity index (χ1v) is 6.73. The highest BCUT2D eigenvalue weighted by Crippen LogP contribution is 2.36. The minimum absolute atomic E-state index is 0.00507. The standard InChI is InChI=1S/C15H17NO5/c16-13(17)12-7-10(14(18)19)6-11(12)8-21-15(20)9-4-2-1-3-5-9/h1-5,10-12H,6-8H2,(H2,16,17)(H,18,19)/t10-,11+,12-/m1/s1. The van der Waals surface area contributed by atoms with Crippen LogP contribution in [0, 0.1) is 17.8 Å². The second-order valence-corrected chi connectivity index (χ2v) is 5.24. The van der Waals surface area contributed by atoms with Gasteiger partial charge in [0, 0.05) is 11.8 Å². The molecule has 0 bridgehead atoms. The second-order valence-electron chi connectivity index (χ2n) is 5.24. The van der Waals surface area contributed by atoms with E-state index in [1.165, 1.54) is 0 Å². The van der Waals surface area contributed by atoms with Crippen molar-refractivity contribution in [2.75, 3.05) is 6.61 Å². The van der Waals surface area contributed by atoms with Crippen LogP contribution in [-0.4, -0.2) is 29.6 Å². The molecule has 6 nitrogen and oxygen atoms in total. The van der Waals surface area contributed by atoms with Gasteiger partial charge in [0.25, 0.3) is 0 Å². The zero-order chi connectivity index (χ0) is 15.4. The van der Waals surface area contributed by atoms with Gasteiger partial charge >= 0.3 is 11.9 Å². The van der Waals surface area contributed by atoms with Gasteiger partial charge in [-0.3, -0.25) is 9.59 Å². The molecule has 0 heterocycles. The van der Waals surface area contributed by atoms with Crippen LogP contribution < -0.4 is 5.73 Å². The third-order valence-corrected chi connectivity index (χ3v) is 3.85. The molecule has 0 saturated heterocycles. The number of carboxylic acids is 1. The van der Waals surface area contributed by atoms with Crippen LogP contribution in [0.15, 0.2) is 30.3 Å². The Bertz CT molecular complexity index is 542. The molecule has 3 atom stereocenters. The summed E-state index contributed by atoms with van der Waals surface area (Å²) in [6.07, 6.45) is 0.503. The molecular formula is C15H17NO5. The molecule has 1 fully saturated rings. The number of nitrogens with two attached hydrogens (primary N) is 1. The summed E-state index contributed by atoms with van der Waals surface area (Å²) in [5.74, 6) is -3.48. The Hall–Kier alpha value is -2.37. The molecule has 21 heavy (non-hydrogen) atoms. The van der Waals surface area contributed by atoms with Crippen LogP contribution in [0.2, 0.25) is 0 Å². The Morgan fingerprint density at radius 3 is 2.43 bits per heavy atom. The molecule has 0 aliphatic heterocycles. The molecule has 0 aromatic heterocycles. The zero-order valence-corrected chi connectivity index (χ0v) is 11.4. The molecule has 1 amide bonds. The number of primary amides is 1. The fraction of sp³-hybridized carbons (Fsp3) is 0.400. The number of benzene rings is 1. The zero-order valence-electron chi connectivity index (χ0n) is 11.4. The molecule has 6 heteroatoms. The molecule has 112 valence electrons. The van der Waals surface area contributed by atoms with Gasteiger partial charge in [0.15, 0.2) is 0 Å². The largest absolute Gasteiger partial charge is 0.481 e. The van der Waals surface area contributed by atoms with Crippen LogP contribution in [0.1, 0.15) is 23.2 Å². The van der Waals surface area contributed by atoms with Crippen molar-refractivity contribution in [1.82, 2.24) is 0 Å². The summed E-state index contributed by atoms with van der Waals surface area (Å²) < 4.78 is 5.18. The second kappa shape index (κ2) is 6.39. The van der Waals surface area contributed by atoms with Crippen LogP contribution in [0.3, 0.4) is 0 Å². The van der Waals surface area contributed by atoms with E-state index in [0.29, 0.717) is 12.0 Å². The minimum atomic E-state index is -0.946. The van der Waals surface area contributed by atoms with Crippen molar-refractivity contribution in [3.63, 3.8) is 0 Å². The maximum Gasteiger partial charge on any atom is 0.338 e. The first-order chi connectivity index (χ1) is 9.99. The lowest BCUT2D eigenvalue weighted by atomic mass is 9.96. The summed E-state index contributed by atoms with van der Waals surface area (Å²) in [7, 11) is 0. The molecule has 3 N–H and O–H groups in total. The Balaban J connectivity index is 1.96. The highest BCUT2D eigenvalue weighted by atomic mass is 16.5. The molecule has 1 aliphatic carbocycles. The van der Waals surface area contributed by atoms with Crippen LogP contribution in [0.25, 0.3) is 0 Å². The lowest BCUT2D eigenvalue weighted by Crippen LogP contribution is -2.29. The fourth-order valence-corrected chi connectivity index (χ4v) is 2.70. The number of hydrogen-bond donors (Lipinski definition) is 2. The van der Waals surface area contributed by atoms with E-state index >= 15 is 0 Å². The van der Waals surface area contributed by atoms with Crippen molar-refractivity contribution in [3.05, 3.63) is 35.9 Å². The molecular weight excluding hydrogens is 274 g/mol. The van der Waals surface area contributed by atoms with Gasteiger partial charge in [-0.25, -0.2) is 4.79 Å². The van der Waals surface area contributed by atoms with E-state index in [-0.39, 0.29) is 18.9 Å². The van der Waals surface area contributed by atoms with Gasteiger partial charge in [-0.15, -0.1) is 0 Å². The van der Waals surface area contributed by atoms with E-state index in [1.54, 1.807) is 30.3 Å². The van der Waals surface area contributed by atoms with E-state index in [9.17, 15) is 14.4 Å². The maximum absolute atomic E-state index is 11.8. The van der Waals surface area contributed by atoms with E-state index in [2.05, 4.69) is 0 Å². The Kier molecular flexibility index (Phi) is 4.57. The normalized spacial score (nSPS) is 24.5. The number of carbonyl (C=O) groups excluding carboxylic acids is 2. The van der Waals surface area contributed by atoms with Crippen LogP contribution in [0.5, 0.6) is 0 Å². The van der Waals surface area contributed by atoms with E-state index < -0.39 is 29.7 Å². The predicted molar refractivity (Wildman–Crippen MR) is 73.3 cm³/mol. The third kappa shape index (κ3) is 3.59. The van der Waals surface area contributed by atoms with Gasteiger partial charge < -0.3 is 15.6 Å². The quantitative estimate of drug-likeness (QED) is 0.789. The summed E-state index contributed by atoms with van der Waals surface area (Å²) in [5, 5.41) is 9.03. The van der Waals surface area contributed by atoms with Gasteiger partial charge in [-0.2, -0.15) is 0 Å². The Labute approximate surface area is 121 Å². The fourth-order valence-electron chi connectivity index (χ4n) is 2.70.